The molecule has 0 saturated heterocycles. The number of H-pyrrole nitrogens is 1. The molecule has 0 spiro atoms. The Bertz CT molecular complexity index is 461. The molecule has 0 aliphatic heterocycles. The Kier molecular flexibility index (Phi) is 3.38. The highest BCUT2D eigenvalue weighted by atomic mass is 16.5. The van der Waals surface area contributed by atoms with Crippen molar-refractivity contribution in [3.8, 4) is 5.75 Å². The third kappa shape index (κ3) is 2.51. The van der Waals surface area contributed by atoms with Crippen molar-refractivity contribution in [2.24, 2.45) is 4.99 Å². The molecule has 3 heteroatoms. The number of benzene rings is 1. The van der Waals surface area contributed by atoms with E-state index in [1.807, 2.05) is 48.8 Å². The highest BCUT2D eigenvalue weighted by Crippen LogP contribution is 2.14. The molecule has 3 nitrogen and oxygen atoms in total. The summed E-state index contributed by atoms with van der Waals surface area (Å²) in [4.78, 5) is 7.46. The van der Waals surface area contributed by atoms with E-state index in [2.05, 4.69) is 9.98 Å². The summed E-state index contributed by atoms with van der Waals surface area (Å²) in [5.41, 5.74) is 2.10. The molecule has 82 valence electrons. The highest BCUT2D eigenvalue weighted by Gasteiger charge is 1.97. The molecule has 0 aliphatic rings. The van der Waals surface area contributed by atoms with Crippen LogP contribution in [-0.4, -0.2) is 18.3 Å². The van der Waals surface area contributed by atoms with Gasteiger partial charge in [-0.05, 0) is 24.3 Å². The monoisotopic (exact) mass is 214 g/mol. The minimum atomic E-state index is 0.658. The lowest BCUT2D eigenvalue weighted by Crippen LogP contribution is -1.90. The van der Waals surface area contributed by atoms with Crippen LogP contribution in [0, 0.1) is 0 Å². The van der Waals surface area contributed by atoms with Crippen LogP contribution in [-0.2, 0) is 6.54 Å². The van der Waals surface area contributed by atoms with Gasteiger partial charge in [-0.2, -0.15) is 0 Å². The Balaban J connectivity index is 2.05. The molecule has 2 rings (SSSR count). The van der Waals surface area contributed by atoms with Crippen molar-refractivity contribution in [2.75, 3.05) is 7.11 Å². The second-order valence-electron chi connectivity index (χ2n) is 3.41. The van der Waals surface area contributed by atoms with E-state index in [9.17, 15) is 0 Å². The van der Waals surface area contributed by atoms with E-state index >= 15 is 0 Å². The second kappa shape index (κ2) is 5.16. The van der Waals surface area contributed by atoms with Crippen LogP contribution in [0.3, 0.4) is 0 Å². The van der Waals surface area contributed by atoms with Gasteiger partial charge in [-0.25, -0.2) is 0 Å². The summed E-state index contributed by atoms with van der Waals surface area (Å²) in [5.74, 6) is 0.845. The van der Waals surface area contributed by atoms with Crippen molar-refractivity contribution in [1.82, 2.24) is 4.98 Å². The van der Waals surface area contributed by atoms with E-state index in [0.29, 0.717) is 6.54 Å². The number of para-hydroxylation sites is 1. The normalized spacial score (nSPS) is 10.8. The van der Waals surface area contributed by atoms with Crippen LogP contribution in [0.2, 0.25) is 0 Å². The maximum Gasteiger partial charge on any atom is 0.127 e. The number of nitrogens with one attached hydrogen (secondary N) is 1. The van der Waals surface area contributed by atoms with E-state index in [1.165, 1.54) is 0 Å². The Hall–Kier alpha value is -2.03. The summed E-state index contributed by atoms with van der Waals surface area (Å²) >= 11 is 0. The smallest absolute Gasteiger partial charge is 0.127 e. The summed E-state index contributed by atoms with van der Waals surface area (Å²) in [5, 5.41) is 0. The maximum atomic E-state index is 5.23. The second-order valence-corrected chi connectivity index (χ2v) is 3.41. The number of hydrogen-bond acceptors (Lipinski definition) is 2. The molecule has 1 heterocycles. The van der Waals surface area contributed by atoms with Gasteiger partial charge in [-0.1, -0.05) is 12.1 Å². The van der Waals surface area contributed by atoms with Crippen molar-refractivity contribution in [3.05, 3.63) is 53.9 Å². The fraction of sp³-hybridized carbons (Fsp3) is 0.154. The third-order valence-corrected chi connectivity index (χ3v) is 2.29. The molecular weight excluding hydrogens is 200 g/mol. The van der Waals surface area contributed by atoms with E-state index in [0.717, 1.165) is 17.0 Å². The van der Waals surface area contributed by atoms with E-state index in [-0.39, 0.29) is 0 Å². The number of aliphatic imine (C=N–C) groups is 1. The van der Waals surface area contributed by atoms with Gasteiger partial charge in [0.05, 0.1) is 13.7 Å². The van der Waals surface area contributed by atoms with E-state index in [1.54, 1.807) is 7.11 Å². The molecule has 0 aliphatic carbocycles. The Morgan fingerprint density at radius 2 is 2.12 bits per heavy atom. The summed E-state index contributed by atoms with van der Waals surface area (Å²) in [6.07, 6.45) is 3.73. The first-order valence-electron chi connectivity index (χ1n) is 5.15. The summed E-state index contributed by atoms with van der Waals surface area (Å²) < 4.78 is 5.23. The van der Waals surface area contributed by atoms with Crippen LogP contribution in [0.15, 0.2) is 47.6 Å². The van der Waals surface area contributed by atoms with Gasteiger partial charge in [0.15, 0.2) is 0 Å². The molecule has 16 heavy (non-hydrogen) atoms. The number of aromatic amines is 1. The minimum Gasteiger partial charge on any atom is -0.496 e. The average molecular weight is 214 g/mol. The lowest BCUT2D eigenvalue weighted by Gasteiger charge is -2.02. The van der Waals surface area contributed by atoms with Crippen LogP contribution in [0.5, 0.6) is 5.75 Å². The first-order valence-corrected chi connectivity index (χ1v) is 5.15. The molecule has 1 aromatic heterocycles. The van der Waals surface area contributed by atoms with Crippen LogP contribution in [0.25, 0.3) is 0 Å². The molecule has 1 N–H and O–H groups in total. The molecular formula is C13H14N2O. The van der Waals surface area contributed by atoms with Crippen molar-refractivity contribution in [3.63, 3.8) is 0 Å². The quantitative estimate of drug-likeness (QED) is 0.780. The predicted octanol–water partition coefficient (Wildman–Crippen LogP) is 2.64. The fourth-order valence-electron chi connectivity index (χ4n) is 1.48. The van der Waals surface area contributed by atoms with Gasteiger partial charge in [0.25, 0.3) is 0 Å². The van der Waals surface area contributed by atoms with Crippen molar-refractivity contribution >= 4 is 6.21 Å². The zero-order valence-corrected chi connectivity index (χ0v) is 9.18. The Morgan fingerprint density at radius 3 is 2.88 bits per heavy atom. The van der Waals surface area contributed by atoms with Gasteiger partial charge in [0.2, 0.25) is 0 Å². The molecule has 0 saturated carbocycles. The van der Waals surface area contributed by atoms with Crippen molar-refractivity contribution < 1.29 is 4.74 Å². The minimum absolute atomic E-state index is 0.658. The number of aromatic nitrogens is 1. The molecule has 0 unspecified atom stereocenters. The SMILES string of the molecule is COc1ccccc1C=NCc1ccc[nH]1. The lowest BCUT2D eigenvalue weighted by molar-refractivity contribution is 0.414. The molecule has 0 amide bonds. The molecule has 1 aromatic carbocycles. The predicted molar refractivity (Wildman–Crippen MR) is 65.1 cm³/mol. The fourth-order valence-corrected chi connectivity index (χ4v) is 1.48. The average Bonchev–Trinajstić information content (AvgIpc) is 2.83. The zero-order chi connectivity index (χ0) is 11.2. The van der Waals surface area contributed by atoms with Crippen molar-refractivity contribution in [2.45, 2.75) is 6.54 Å². The van der Waals surface area contributed by atoms with Gasteiger partial charge >= 0.3 is 0 Å². The first kappa shape index (κ1) is 10.5. The van der Waals surface area contributed by atoms with Crippen LogP contribution >= 0.6 is 0 Å². The number of methoxy groups -OCH3 is 1. The number of hydrogen-bond donors (Lipinski definition) is 1. The van der Waals surface area contributed by atoms with E-state index < -0.39 is 0 Å². The number of nitrogens with zero attached hydrogens (tertiary/aromatic N) is 1. The standard InChI is InChI=1S/C13H14N2O/c1-16-13-7-3-2-5-11(13)9-14-10-12-6-4-8-15-12/h2-9,15H,10H2,1H3. The van der Waals surface area contributed by atoms with E-state index in [4.69, 9.17) is 4.74 Å². The summed E-state index contributed by atoms with van der Waals surface area (Å²) in [6, 6.07) is 11.8. The maximum absolute atomic E-state index is 5.23. The summed E-state index contributed by atoms with van der Waals surface area (Å²) in [7, 11) is 1.66. The third-order valence-electron chi connectivity index (χ3n) is 2.29. The molecule has 0 fully saturated rings. The summed E-state index contributed by atoms with van der Waals surface area (Å²) in [6.45, 7) is 0.658. The Labute approximate surface area is 94.8 Å². The van der Waals surface area contributed by atoms with Gasteiger partial charge in [0.1, 0.15) is 5.75 Å². The van der Waals surface area contributed by atoms with Crippen LogP contribution in [0.4, 0.5) is 0 Å². The van der Waals surface area contributed by atoms with Crippen LogP contribution < -0.4 is 4.74 Å². The van der Waals surface area contributed by atoms with Crippen LogP contribution in [0.1, 0.15) is 11.3 Å². The van der Waals surface area contributed by atoms with Gasteiger partial charge in [-0.3, -0.25) is 4.99 Å². The first-order chi connectivity index (χ1) is 7.90. The van der Waals surface area contributed by atoms with Gasteiger partial charge in [-0.15, -0.1) is 0 Å². The largest absolute Gasteiger partial charge is 0.496 e. The zero-order valence-electron chi connectivity index (χ0n) is 9.18. The number of ether oxygens (including phenoxy) is 1. The highest BCUT2D eigenvalue weighted by molar-refractivity contribution is 5.83. The lowest BCUT2D eigenvalue weighted by atomic mass is 10.2. The van der Waals surface area contributed by atoms with Crippen molar-refractivity contribution in [1.29, 1.82) is 0 Å². The van der Waals surface area contributed by atoms with Gasteiger partial charge in [0, 0.05) is 23.7 Å². The topological polar surface area (TPSA) is 37.4 Å². The molecule has 2 aromatic rings. The molecule has 0 radical (unpaired) electrons. The van der Waals surface area contributed by atoms with Gasteiger partial charge < -0.3 is 9.72 Å². The molecule has 0 bridgehead atoms. The molecule has 0 atom stereocenters. The number of rotatable bonds is 4. The Morgan fingerprint density at radius 1 is 1.25 bits per heavy atom.